The Balaban J connectivity index is 1.87. The van der Waals surface area contributed by atoms with Gasteiger partial charge in [0.1, 0.15) is 17.2 Å². The molecule has 0 saturated heterocycles. The van der Waals surface area contributed by atoms with Gasteiger partial charge in [-0.05, 0) is 48.7 Å². The van der Waals surface area contributed by atoms with Crippen molar-refractivity contribution in [3.05, 3.63) is 71.7 Å². The predicted octanol–water partition coefficient (Wildman–Crippen LogP) is 7.24. The Labute approximate surface area is 178 Å². The van der Waals surface area contributed by atoms with Gasteiger partial charge in [0, 0.05) is 17.6 Å². The van der Waals surface area contributed by atoms with Gasteiger partial charge in [0.2, 0.25) is 5.95 Å². The Kier molecular flexibility index (Phi) is 7.44. The third-order valence-corrected chi connectivity index (χ3v) is 4.76. The van der Waals surface area contributed by atoms with Gasteiger partial charge in [-0.3, -0.25) is 0 Å². The molecule has 0 saturated carbocycles. The SMILES string of the molecule is CCCCCCc1ccccc1Nc1nc(Nc2ccc(F)cc2)ncc1C(F)(F)F. The predicted molar refractivity (Wildman–Crippen MR) is 114 cm³/mol. The number of alkyl halides is 3. The van der Waals surface area contributed by atoms with Crippen molar-refractivity contribution in [3.63, 3.8) is 0 Å². The Hall–Kier alpha value is -3.16. The third-order valence-electron chi connectivity index (χ3n) is 4.76. The summed E-state index contributed by atoms with van der Waals surface area (Å²) in [5.74, 6) is -0.785. The van der Waals surface area contributed by atoms with Gasteiger partial charge in [0.15, 0.2) is 0 Å². The summed E-state index contributed by atoms with van der Waals surface area (Å²) in [4.78, 5) is 7.84. The molecule has 0 atom stereocenters. The molecule has 0 bridgehead atoms. The summed E-state index contributed by atoms with van der Waals surface area (Å²) >= 11 is 0. The average Bonchev–Trinajstić information content (AvgIpc) is 2.73. The Morgan fingerprint density at radius 2 is 1.65 bits per heavy atom. The molecule has 31 heavy (non-hydrogen) atoms. The van der Waals surface area contributed by atoms with E-state index in [2.05, 4.69) is 27.5 Å². The molecule has 3 aromatic rings. The first-order valence-corrected chi connectivity index (χ1v) is 10.2. The first-order valence-electron chi connectivity index (χ1n) is 10.2. The smallest absolute Gasteiger partial charge is 0.339 e. The zero-order chi connectivity index (χ0) is 22.3. The summed E-state index contributed by atoms with van der Waals surface area (Å²) < 4.78 is 53.8. The summed E-state index contributed by atoms with van der Waals surface area (Å²) in [6, 6.07) is 12.7. The first-order chi connectivity index (χ1) is 14.9. The number of halogens is 4. The van der Waals surface area contributed by atoms with Crippen LogP contribution >= 0.6 is 0 Å². The molecule has 0 fully saturated rings. The molecule has 0 radical (unpaired) electrons. The van der Waals surface area contributed by atoms with Crippen molar-refractivity contribution in [2.45, 2.75) is 45.2 Å². The lowest BCUT2D eigenvalue weighted by Gasteiger charge is -2.17. The molecule has 1 heterocycles. The highest BCUT2D eigenvalue weighted by molar-refractivity contribution is 5.65. The first kappa shape index (κ1) is 22.5. The van der Waals surface area contributed by atoms with E-state index in [9.17, 15) is 17.6 Å². The largest absolute Gasteiger partial charge is 0.421 e. The van der Waals surface area contributed by atoms with Gasteiger partial charge in [-0.1, -0.05) is 44.4 Å². The monoisotopic (exact) mass is 432 g/mol. The lowest BCUT2D eigenvalue weighted by atomic mass is 10.0. The number of unbranched alkanes of at least 4 members (excludes halogenated alkanes) is 3. The van der Waals surface area contributed by atoms with E-state index in [-0.39, 0.29) is 11.8 Å². The van der Waals surface area contributed by atoms with Crippen LogP contribution in [0.15, 0.2) is 54.7 Å². The lowest BCUT2D eigenvalue weighted by Crippen LogP contribution is -2.13. The van der Waals surface area contributed by atoms with Crippen LogP contribution in [0.1, 0.15) is 43.7 Å². The second-order valence-electron chi connectivity index (χ2n) is 7.18. The number of benzene rings is 2. The van der Waals surface area contributed by atoms with Gasteiger partial charge >= 0.3 is 6.18 Å². The zero-order valence-electron chi connectivity index (χ0n) is 17.1. The fourth-order valence-corrected chi connectivity index (χ4v) is 3.14. The number of nitrogens with one attached hydrogen (secondary N) is 2. The molecular weight excluding hydrogens is 408 g/mol. The number of aryl methyl sites for hydroxylation is 1. The molecule has 0 amide bonds. The van der Waals surface area contributed by atoms with E-state index in [0.29, 0.717) is 11.4 Å². The van der Waals surface area contributed by atoms with Gasteiger partial charge in [-0.15, -0.1) is 0 Å². The molecule has 164 valence electrons. The summed E-state index contributed by atoms with van der Waals surface area (Å²) in [5, 5.41) is 5.66. The number of nitrogens with zero attached hydrogens (tertiary/aromatic N) is 2. The summed E-state index contributed by atoms with van der Waals surface area (Å²) in [5.41, 5.74) is 1.01. The number of hydrogen-bond acceptors (Lipinski definition) is 4. The van der Waals surface area contributed by atoms with Crippen LogP contribution in [-0.4, -0.2) is 9.97 Å². The highest BCUT2D eigenvalue weighted by Gasteiger charge is 2.35. The summed E-state index contributed by atoms with van der Waals surface area (Å²) in [6.45, 7) is 2.13. The van der Waals surface area contributed by atoms with Crippen LogP contribution in [-0.2, 0) is 12.6 Å². The maximum Gasteiger partial charge on any atom is 0.421 e. The maximum atomic E-state index is 13.6. The molecule has 8 heteroatoms. The van der Waals surface area contributed by atoms with Gasteiger partial charge in [-0.2, -0.15) is 18.2 Å². The van der Waals surface area contributed by atoms with Crippen molar-refractivity contribution in [1.29, 1.82) is 0 Å². The van der Waals surface area contributed by atoms with Crippen molar-refractivity contribution in [2.24, 2.45) is 0 Å². The van der Waals surface area contributed by atoms with Gasteiger partial charge < -0.3 is 10.6 Å². The van der Waals surface area contributed by atoms with Gasteiger partial charge in [-0.25, -0.2) is 9.37 Å². The molecule has 0 aliphatic carbocycles. The fraction of sp³-hybridized carbons (Fsp3) is 0.304. The van der Waals surface area contributed by atoms with Crippen molar-refractivity contribution in [1.82, 2.24) is 9.97 Å². The third kappa shape index (κ3) is 6.41. The van der Waals surface area contributed by atoms with Gasteiger partial charge in [0.05, 0.1) is 0 Å². The van der Waals surface area contributed by atoms with Crippen molar-refractivity contribution in [2.75, 3.05) is 10.6 Å². The van der Waals surface area contributed by atoms with E-state index >= 15 is 0 Å². The van der Waals surface area contributed by atoms with E-state index in [1.165, 1.54) is 24.3 Å². The Morgan fingerprint density at radius 1 is 0.903 bits per heavy atom. The highest BCUT2D eigenvalue weighted by atomic mass is 19.4. The number of aromatic nitrogens is 2. The van der Waals surface area contributed by atoms with Crippen molar-refractivity contribution >= 4 is 23.1 Å². The summed E-state index contributed by atoms with van der Waals surface area (Å²) in [7, 11) is 0. The molecule has 2 N–H and O–H groups in total. The molecule has 0 aliphatic heterocycles. The molecule has 2 aromatic carbocycles. The van der Waals surface area contributed by atoms with Crippen LogP contribution in [0.5, 0.6) is 0 Å². The Bertz CT molecular complexity index is 988. The minimum absolute atomic E-state index is 0.0254. The molecule has 0 spiro atoms. The molecule has 3 rings (SSSR count). The van der Waals surface area contributed by atoms with E-state index in [4.69, 9.17) is 0 Å². The highest BCUT2D eigenvalue weighted by Crippen LogP contribution is 2.36. The van der Waals surface area contributed by atoms with E-state index in [1.807, 2.05) is 12.1 Å². The zero-order valence-corrected chi connectivity index (χ0v) is 17.1. The fourth-order valence-electron chi connectivity index (χ4n) is 3.14. The number of rotatable bonds is 9. The standard InChI is InChI=1S/C23H24F4N4/c1-2-3-4-5-8-16-9-6-7-10-20(16)30-21-19(23(25,26)27)15-28-22(31-21)29-18-13-11-17(24)12-14-18/h6-7,9-15H,2-5,8H2,1H3,(H2,28,29,30,31). The van der Waals surface area contributed by atoms with Crippen LogP contribution in [0, 0.1) is 5.82 Å². The van der Waals surface area contributed by atoms with Crippen LogP contribution in [0.4, 0.5) is 40.7 Å². The average molecular weight is 432 g/mol. The van der Waals surface area contributed by atoms with E-state index < -0.39 is 17.6 Å². The molecule has 0 aliphatic rings. The lowest BCUT2D eigenvalue weighted by molar-refractivity contribution is -0.137. The minimum Gasteiger partial charge on any atom is -0.339 e. The van der Waals surface area contributed by atoms with Gasteiger partial charge in [0.25, 0.3) is 0 Å². The molecule has 1 aromatic heterocycles. The van der Waals surface area contributed by atoms with Crippen LogP contribution in [0.25, 0.3) is 0 Å². The van der Waals surface area contributed by atoms with E-state index in [1.54, 1.807) is 12.1 Å². The number of para-hydroxylation sites is 1. The quantitative estimate of drug-likeness (QED) is 0.276. The Morgan fingerprint density at radius 3 is 2.35 bits per heavy atom. The second kappa shape index (κ2) is 10.2. The number of hydrogen-bond donors (Lipinski definition) is 2. The number of anilines is 4. The minimum atomic E-state index is -4.62. The summed E-state index contributed by atoms with van der Waals surface area (Å²) in [6.07, 6.45) is 1.14. The van der Waals surface area contributed by atoms with Crippen molar-refractivity contribution in [3.8, 4) is 0 Å². The molecule has 4 nitrogen and oxygen atoms in total. The maximum absolute atomic E-state index is 13.6. The molecule has 0 unspecified atom stereocenters. The topological polar surface area (TPSA) is 49.8 Å². The molecular formula is C23H24F4N4. The van der Waals surface area contributed by atoms with Crippen molar-refractivity contribution < 1.29 is 17.6 Å². The van der Waals surface area contributed by atoms with Crippen LogP contribution < -0.4 is 10.6 Å². The second-order valence-corrected chi connectivity index (χ2v) is 7.18. The van der Waals surface area contributed by atoms with Crippen LogP contribution in [0.3, 0.4) is 0 Å². The van der Waals surface area contributed by atoms with Crippen LogP contribution in [0.2, 0.25) is 0 Å². The van der Waals surface area contributed by atoms with E-state index in [0.717, 1.165) is 43.9 Å². The normalized spacial score (nSPS) is 11.4.